The molecule has 0 aliphatic heterocycles. The summed E-state index contributed by atoms with van der Waals surface area (Å²) in [6.45, 7) is 12.1. The number of fused-ring (bicyclic) bond motifs is 1. The Morgan fingerprint density at radius 2 is 1.49 bits per heavy atom. The second-order valence-electron chi connectivity index (χ2n) is 12.1. The molecular formula is C28H55N3O4. The minimum atomic E-state index is -0.320. The molecule has 206 valence electrons. The van der Waals surface area contributed by atoms with E-state index < -0.39 is 0 Å². The zero-order valence-electron chi connectivity index (χ0n) is 22.8. The Hall–Kier alpha value is -0.280. The molecule has 7 N–H and O–H groups in total. The molecule has 3 aliphatic rings. The average Bonchev–Trinajstić information content (AvgIpc) is 3.15. The highest BCUT2D eigenvalue weighted by molar-refractivity contribution is 5.11. The van der Waals surface area contributed by atoms with Gasteiger partial charge in [0, 0.05) is 31.8 Å². The van der Waals surface area contributed by atoms with Crippen LogP contribution in [0.15, 0.2) is 0 Å². The van der Waals surface area contributed by atoms with E-state index in [4.69, 9.17) is 31.4 Å². The molecule has 0 heterocycles. The molecular weight excluding hydrogens is 442 g/mol. The number of hydrogen-bond donors (Lipinski definition) is 4. The standard InChI is InChI=1S/C28H55N3O4/c1-20-17-21(34-15-5-12-30)9-10-27(20,2)24-18-26(35-16-6-13-31)28(3)23(7-8-25(28)32)22(24)19-33-14-4-11-29/h20-26,32H,4-19,29-31H2,1-3H3/t20?,21-,22?,23+,24+,25?,26+,27?,28?/m1/s1. The van der Waals surface area contributed by atoms with Crippen molar-refractivity contribution in [2.24, 2.45) is 51.7 Å². The zero-order valence-corrected chi connectivity index (χ0v) is 22.8. The first-order valence-corrected chi connectivity index (χ1v) is 14.4. The molecule has 0 aromatic heterocycles. The Morgan fingerprint density at radius 1 is 0.829 bits per heavy atom. The monoisotopic (exact) mass is 497 g/mol. The van der Waals surface area contributed by atoms with Crippen molar-refractivity contribution in [1.29, 1.82) is 0 Å². The lowest BCUT2D eigenvalue weighted by Gasteiger charge is -2.59. The minimum Gasteiger partial charge on any atom is -0.392 e. The predicted octanol–water partition coefficient (Wildman–Crippen LogP) is 3.06. The molecule has 0 aromatic carbocycles. The number of hydrogen-bond acceptors (Lipinski definition) is 7. The van der Waals surface area contributed by atoms with Gasteiger partial charge in [-0.3, -0.25) is 0 Å². The van der Waals surface area contributed by atoms with E-state index in [1.165, 1.54) is 0 Å². The maximum absolute atomic E-state index is 11.2. The summed E-state index contributed by atoms with van der Waals surface area (Å²) in [7, 11) is 0. The molecule has 35 heavy (non-hydrogen) atoms. The van der Waals surface area contributed by atoms with Crippen molar-refractivity contribution in [3.05, 3.63) is 0 Å². The molecule has 0 aromatic rings. The highest BCUT2D eigenvalue weighted by Gasteiger charge is 2.62. The van der Waals surface area contributed by atoms with Crippen LogP contribution in [0.25, 0.3) is 0 Å². The van der Waals surface area contributed by atoms with Crippen LogP contribution in [0.1, 0.15) is 78.6 Å². The molecule has 7 heteroatoms. The average molecular weight is 498 g/mol. The summed E-state index contributed by atoms with van der Waals surface area (Å²) in [6, 6.07) is 0. The first-order valence-electron chi connectivity index (χ1n) is 14.4. The lowest BCUT2D eigenvalue weighted by Crippen LogP contribution is -2.58. The predicted molar refractivity (Wildman–Crippen MR) is 141 cm³/mol. The van der Waals surface area contributed by atoms with Crippen molar-refractivity contribution in [3.8, 4) is 0 Å². The van der Waals surface area contributed by atoms with E-state index in [9.17, 15) is 5.11 Å². The quantitative estimate of drug-likeness (QED) is 0.272. The van der Waals surface area contributed by atoms with Gasteiger partial charge in [0.05, 0.1) is 18.3 Å². The van der Waals surface area contributed by atoms with Gasteiger partial charge in [0.15, 0.2) is 0 Å². The molecule has 0 bridgehead atoms. The summed E-state index contributed by atoms with van der Waals surface area (Å²) in [5.74, 6) is 1.87. The molecule has 0 saturated heterocycles. The third-order valence-electron chi connectivity index (χ3n) is 10.2. The van der Waals surface area contributed by atoms with Crippen molar-refractivity contribution < 1.29 is 19.3 Å². The Labute approximate surface area is 214 Å². The minimum absolute atomic E-state index is 0.0596. The zero-order chi connectivity index (χ0) is 25.5. The van der Waals surface area contributed by atoms with Gasteiger partial charge in [0.2, 0.25) is 0 Å². The molecule has 7 nitrogen and oxygen atoms in total. The second-order valence-corrected chi connectivity index (χ2v) is 12.1. The van der Waals surface area contributed by atoms with Crippen molar-refractivity contribution >= 4 is 0 Å². The first-order chi connectivity index (χ1) is 16.8. The van der Waals surface area contributed by atoms with Gasteiger partial charge in [0.1, 0.15) is 0 Å². The van der Waals surface area contributed by atoms with E-state index in [1.54, 1.807) is 0 Å². The molecule has 0 amide bonds. The SMILES string of the molecule is CC1C[C@H](OCCCN)CCC1(C)[C@H]1C[C@H](OCCCN)C2(C)C(O)CC[C@H]2C1COCCCN. The van der Waals surface area contributed by atoms with Gasteiger partial charge in [0.25, 0.3) is 0 Å². The molecule has 3 saturated carbocycles. The fourth-order valence-corrected chi connectivity index (χ4v) is 7.76. The summed E-state index contributed by atoms with van der Waals surface area (Å²) in [5.41, 5.74) is 17.1. The van der Waals surface area contributed by atoms with Gasteiger partial charge in [-0.1, -0.05) is 20.8 Å². The van der Waals surface area contributed by atoms with E-state index in [2.05, 4.69) is 20.8 Å². The van der Waals surface area contributed by atoms with Gasteiger partial charge in [-0.25, -0.2) is 0 Å². The van der Waals surface area contributed by atoms with Crippen LogP contribution in [0.2, 0.25) is 0 Å². The van der Waals surface area contributed by atoms with Crippen LogP contribution in [0.4, 0.5) is 0 Å². The van der Waals surface area contributed by atoms with Crippen LogP contribution in [0.5, 0.6) is 0 Å². The van der Waals surface area contributed by atoms with Crippen molar-refractivity contribution in [3.63, 3.8) is 0 Å². The smallest absolute Gasteiger partial charge is 0.0659 e. The van der Waals surface area contributed by atoms with Crippen LogP contribution in [0.3, 0.4) is 0 Å². The van der Waals surface area contributed by atoms with Crippen LogP contribution in [0, 0.1) is 34.5 Å². The Kier molecular flexibility index (Phi) is 11.3. The Morgan fingerprint density at radius 3 is 2.14 bits per heavy atom. The van der Waals surface area contributed by atoms with E-state index in [0.29, 0.717) is 62.6 Å². The summed E-state index contributed by atoms with van der Waals surface area (Å²) >= 11 is 0. The van der Waals surface area contributed by atoms with Crippen LogP contribution >= 0.6 is 0 Å². The summed E-state index contributed by atoms with van der Waals surface area (Å²) < 4.78 is 19.0. The Balaban J connectivity index is 1.82. The van der Waals surface area contributed by atoms with Crippen LogP contribution in [-0.2, 0) is 14.2 Å². The normalized spacial score (nSPS) is 41.7. The van der Waals surface area contributed by atoms with Gasteiger partial charge < -0.3 is 36.5 Å². The van der Waals surface area contributed by atoms with Crippen molar-refractivity contribution in [1.82, 2.24) is 0 Å². The lowest BCUT2D eigenvalue weighted by molar-refractivity contribution is -0.189. The molecule has 3 fully saturated rings. The van der Waals surface area contributed by atoms with Gasteiger partial charge in [-0.2, -0.15) is 0 Å². The summed E-state index contributed by atoms with van der Waals surface area (Å²) in [4.78, 5) is 0. The molecule has 9 atom stereocenters. The van der Waals surface area contributed by atoms with Gasteiger partial charge in [-0.05, 0) is 107 Å². The molecule has 3 aliphatic carbocycles. The van der Waals surface area contributed by atoms with E-state index in [-0.39, 0.29) is 23.0 Å². The Bertz CT molecular complexity index is 625. The fourth-order valence-electron chi connectivity index (χ4n) is 7.76. The second kappa shape index (κ2) is 13.5. The van der Waals surface area contributed by atoms with Crippen molar-refractivity contribution in [2.45, 2.75) is 96.9 Å². The van der Waals surface area contributed by atoms with Gasteiger partial charge in [-0.15, -0.1) is 0 Å². The third-order valence-corrected chi connectivity index (χ3v) is 10.2. The van der Waals surface area contributed by atoms with Crippen LogP contribution in [-0.4, -0.2) is 69.5 Å². The largest absolute Gasteiger partial charge is 0.392 e. The lowest BCUT2D eigenvalue weighted by atomic mass is 9.49. The van der Waals surface area contributed by atoms with E-state index >= 15 is 0 Å². The van der Waals surface area contributed by atoms with E-state index in [0.717, 1.165) is 71.0 Å². The molecule has 0 radical (unpaired) electrons. The first kappa shape index (κ1) is 29.3. The topological polar surface area (TPSA) is 126 Å². The van der Waals surface area contributed by atoms with Crippen molar-refractivity contribution in [2.75, 3.05) is 46.1 Å². The number of ether oxygens (including phenoxy) is 3. The highest BCUT2D eigenvalue weighted by Crippen LogP contribution is 2.63. The number of aliphatic hydroxyl groups excluding tert-OH is 1. The number of rotatable bonds is 14. The van der Waals surface area contributed by atoms with E-state index in [1.807, 2.05) is 0 Å². The highest BCUT2D eigenvalue weighted by atomic mass is 16.5. The number of aliphatic hydroxyl groups is 1. The number of nitrogens with two attached hydrogens (primary N) is 3. The third kappa shape index (κ3) is 6.42. The maximum atomic E-state index is 11.2. The molecule has 3 rings (SSSR count). The van der Waals surface area contributed by atoms with Gasteiger partial charge >= 0.3 is 0 Å². The summed E-state index contributed by atoms with van der Waals surface area (Å²) in [5, 5.41) is 11.2. The fraction of sp³-hybridized carbons (Fsp3) is 1.00. The molecule has 0 spiro atoms. The maximum Gasteiger partial charge on any atom is 0.0659 e. The summed E-state index contributed by atoms with van der Waals surface area (Å²) in [6.07, 6.45) is 9.00. The van der Waals surface area contributed by atoms with Crippen LogP contribution < -0.4 is 17.2 Å². The molecule has 5 unspecified atom stereocenters.